The first-order valence-electron chi connectivity index (χ1n) is 5.97. The standard InChI is InChI=1S/C13H17IN4/c1-9(2)15-7-11-8-18(17-16-11)12-5-4-10(3)13(14)6-12/h4-6,8-9,15H,7H2,1-3H3. The summed E-state index contributed by atoms with van der Waals surface area (Å²) in [6, 6.07) is 6.73. The summed E-state index contributed by atoms with van der Waals surface area (Å²) in [6.45, 7) is 7.09. The maximum atomic E-state index is 4.16. The van der Waals surface area contributed by atoms with Gasteiger partial charge in [-0.1, -0.05) is 25.1 Å². The number of halogens is 1. The quantitative estimate of drug-likeness (QED) is 0.857. The Morgan fingerprint density at radius 1 is 1.39 bits per heavy atom. The molecule has 0 spiro atoms. The minimum atomic E-state index is 0.454. The van der Waals surface area contributed by atoms with Crippen LogP contribution in [-0.4, -0.2) is 21.0 Å². The molecule has 0 aliphatic heterocycles. The normalized spacial score (nSPS) is 11.2. The summed E-state index contributed by atoms with van der Waals surface area (Å²) in [6.07, 6.45) is 1.97. The average Bonchev–Trinajstić information content (AvgIpc) is 2.79. The fraction of sp³-hybridized carbons (Fsp3) is 0.385. The average molecular weight is 356 g/mol. The Hall–Kier alpha value is -0.950. The first-order chi connectivity index (χ1) is 8.56. The Bertz CT molecular complexity index is 534. The van der Waals surface area contributed by atoms with E-state index in [1.165, 1.54) is 9.13 Å². The van der Waals surface area contributed by atoms with Crippen LogP contribution in [-0.2, 0) is 6.54 Å². The van der Waals surface area contributed by atoms with E-state index < -0.39 is 0 Å². The predicted octanol–water partition coefficient (Wildman–Crippen LogP) is 2.68. The maximum Gasteiger partial charge on any atom is 0.0969 e. The van der Waals surface area contributed by atoms with Crippen LogP contribution in [0.5, 0.6) is 0 Å². The van der Waals surface area contributed by atoms with Gasteiger partial charge in [-0.2, -0.15) is 0 Å². The fourth-order valence-corrected chi connectivity index (χ4v) is 2.04. The number of hydrogen-bond acceptors (Lipinski definition) is 3. The molecule has 1 heterocycles. The van der Waals surface area contributed by atoms with Gasteiger partial charge in [-0.25, -0.2) is 4.68 Å². The first-order valence-corrected chi connectivity index (χ1v) is 7.05. The first kappa shape index (κ1) is 13.5. The van der Waals surface area contributed by atoms with Gasteiger partial charge in [0.2, 0.25) is 0 Å². The van der Waals surface area contributed by atoms with Crippen molar-refractivity contribution in [3.8, 4) is 5.69 Å². The van der Waals surface area contributed by atoms with Crippen LogP contribution in [0.2, 0.25) is 0 Å². The molecule has 1 aromatic heterocycles. The molecule has 0 atom stereocenters. The van der Waals surface area contributed by atoms with Crippen molar-refractivity contribution < 1.29 is 0 Å². The summed E-state index contributed by atoms with van der Waals surface area (Å²) in [7, 11) is 0. The lowest BCUT2D eigenvalue weighted by Crippen LogP contribution is -2.21. The third-order valence-electron chi connectivity index (χ3n) is 2.65. The second-order valence-corrected chi connectivity index (χ2v) is 5.79. The van der Waals surface area contributed by atoms with Crippen molar-refractivity contribution in [2.24, 2.45) is 0 Å². The molecule has 4 nitrogen and oxygen atoms in total. The van der Waals surface area contributed by atoms with E-state index >= 15 is 0 Å². The molecule has 0 saturated carbocycles. The molecule has 0 saturated heterocycles. The number of nitrogens with one attached hydrogen (secondary N) is 1. The van der Waals surface area contributed by atoms with Gasteiger partial charge in [-0.05, 0) is 47.2 Å². The van der Waals surface area contributed by atoms with E-state index in [1.54, 1.807) is 0 Å². The fourth-order valence-electron chi connectivity index (χ4n) is 1.54. The highest BCUT2D eigenvalue weighted by molar-refractivity contribution is 14.1. The SMILES string of the molecule is Cc1ccc(-n2cc(CNC(C)C)nn2)cc1I. The Labute approximate surface area is 121 Å². The van der Waals surface area contributed by atoms with Crippen LogP contribution in [0.15, 0.2) is 24.4 Å². The largest absolute Gasteiger partial charge is 0.309 e. The van der Waals surface area contributed by atoms with Crippen LogP contribution in [0.3, 0.4) is 0 Å². The molecular weight excluding hydrogens is 339 g/mol. The molecular formula is C13H17IN4. The highest BCUT2D eigenvalue weighted by atomic mass is 127. The van der Waals surface area contributed by atoms with Gasteiger partial charge < -0.3 is 5.32 Å². The van der Waals surface area contributed by atoms with Gasteiger partial charge in [0.25, 0.3) is 0 Å². The number of aryl methyl sites for hydroxylation is 1. The molecule has 0 bridgehead atoms. The Balaban J connectivity index is 2.16. The van der Waals surface area contributed by atoms with Crippen molar-refractivity contribution >= 4 is 22.6 Å². The molecule has 0 aliphatic rings. The summed E-state index contributed by atoms with van der Waals surface area (Å²) < 4.78 is 3.06. The van der Waals surface area contributed by atoms with Crippen molar-refractivity contribution in [2.45, 2.75) is 33.4 Å². The Morgan fingerprint density at radius 2 is 2.17 bits per heavy atom. The van der Waals surface area contributed by atoms with Gasteiger partial charge in [0.15, 0.2) is 0 Å². The highest BCUT2D eigenvalue weighted by Crippen LogP contribution is 2.16. The molecule has 1 aromatic carbocycles. The van der Waals surface area contributed by atoms with Crippen LogP contribution in [0.1, 0.15) is 25.1 Å². The second kappa shape index (κ2) is 5.79. The van der Waals surface area contributed by atoms with E-state index in [2.05, 4.69) is 77.2 Å². The van der Waals surface area contributed by atoms with Gasteiger partial charge in [0, 0.05) is 16.2 Å². The summed E-state index contributed by atoms with van der Waals surface area (Å²) in [5.74, 6) is 0. The van der Waals surface area contributed by atoms with Crippen molar-refractivity contribution in [1.82, 2.24) is 20.3 Å². The molecule has 0 amide bonds. The van der Waals surface area contributed by atoms with Crippen LogP contribution in [0.4, 0.5) is 0 Å². The van der Waals surface area contributed by atoms with Gasteiger partial charge in [0.1, 0.15) is 0 Å². The molecule has 1 N–H and O–H groups in total. The van der Waals surface area contributed by atoms with E-state index in [-0.39, 0.29) is 0 Å². The molecule has 96 valence electrons. The smallest absolute Gasteiger partial charge is 0.0969 e. The predicted molar refractivity (Wildman–Crippen MR) is 80.8 cm³/mol. The third-order valence-corrected chi connectivity index (χ3v) is 3.81. The molecule has 0 unspecified atom stereocenters. The zero-order valence-corrected chi connectivity index (χ0v) is 13.0. The zero-order chi connectivity index (χ0) is 13.1. The molecule has 0 aliphatic carbocycles. The Kier molecular flexibility index (Phi) is 4.34. The molecule has 18 heavy (non-hydrogen) atoms. The molecule has 2 rings (SSSR count). The van der Waals surface area contributed by atoms with E-state index in [0.717, 1.165) is 17.9 Å². The summed E-state index contributed by atoms with van der Waals surface area (Å²) in [4.78, 5) is 0. The lowest BCUT2D eigenvalue weighted by Gasteiger charge is -2.04. The van der Waals surface area contributed by atoms with Crippen molar-refractivity contribution in [1.29, 1.82) is 0 Å². The highest BCUT2D eigenvalue weighted by Gasteiger charge is 2.04. The summed E-state index contributed by atoms with van der Waals surface area (Å²) in [5, 5.41) is 11.7. The van der Waals surface area contributed by atoms with E-state index in [1.807, 2.05) is 10.9 Å². The van der Waals surface area contributed by atoms with Crippen LogP contribution in [0, 0.1) is 10.5 Å². The lowest BCUT2D eigenvalue weighted by molar-refractivity contribution is 0.580. The molecule has 2 aromatic rings. The van der Waals surface area contributed by atoms with Gasteiger partial charge in [0.05, 0.1) is 17.6 Å². The number of rotatable bonds is 4. The summed E-state index contributed by atoms with van der Waals surface area (Å²) >= 11 is 2.33. The lowest BCUT2D eigenvalue weighted by atomic mass is 10.2. The topological polar surface area (TPSA) is 42.7 Å². The molecule has 0 fully saturated rings. The van der Waals surface area contributed by atoms with Crippen molar-refractivity contribution in [3.05, 3.63) is 39.2 Å². The second-order valence-electron chi connectivity index (χ2n) is 4.62. The minimum absolute atomic E-state index is 0.454. The number of aromatic nitrogens is 3. The number of benzene rings is 1. The zero-order valence-electron chi connectivity index (χ0n) is 10.8. The number of nitrogens with zero attached hydrogens (tertiary/aromatic N) is 3. The molecule has 0 radical (unpaired) electrons. The van der Waals surface area contributed by atoms with Crippen LogP contribution in [0.25, 0.3) is 5.69 Å². The third kappa shape index (κ3) is 3.29. The van der Waals surface area contributed by atoms with Crippen molar-refractivity contribution in [2.75, 3.05) is 0 Å². The van der Waals surface area contributed by atoms with Gasteiger partial charge in [-0.3, -0.25) is 0 Å². The van der Waals surface area contributed by atoms with E-state index in [0.29, 0.717) is 6.04 Å². The van der Waals surface area contributed by atoms with Crippen LogP contribution < -0.4 is 5.32 Å². The maximum absolute atomic E-state index is 4.16. The van der Waals surface area contributed by atoms with E-state index in [4.69, 9.17) is 0 Å². The van der Waals surface area contributed by atoms with Gasteiger partial charge >= 0.3 is 0 Å². The van der Waals surface area contributed by atoms with Gasteiger partial charge in [-0.15, -0.1) is 5.10 Å². The van der Waals surface area contributed by atoms with E-state index in [9.17, 15) is 0 Å². The minimum Gasteiger partial charge on any atom is -0.309 e. The molecule has 5 heteroatoms. The number of hydrogen-bond donors (Lipinski definition) is 1. The monoisotopic (exact) mass is 356 g/mol. The summed E-state index contributed by atoms with van der Waals surface area (Å²) in [5.41, 5.74) is 3.29. The van der Waals surface area contributed by atoms with Crippen molar-refractivity contribution in [3.63, 3.8) is 0 Å². The Morgan fingerprint density at radius 3 is 2.83 bits per heavy atom. The van der Waals surface area contributed by atoms with Crippen LogP contribution >= 0.6 is 22.6 Å².